The van der Waals surface area contributed by atoms with Gasteiger partial charge in [0.2, 0.25) is 10.0 Å². The fraction of sp³-hybridized carbons (Fsp3) is 0.917. The molecule has 0 aromatic carbocycles. The topological polar surface area (TPSA) is 72.2 Å². The van der Waals surface area contributed by atoms with Gasteiger partial charge in [-0.3, -0.25) is 0 Å². The largest absolute Gasteiger partial charge is 0.392 e. The fourth-order valence-electron chi connectivity index (χ4n) is 2.17. The zero-order chi connectivity index (χ0) is 14.0. The summed E-state index contributed by atoms with van der Waals surface area (Å²) in [6.07, 6.45) is 4.00. The van der Waals surface area contributed by atoms with Gasteiger partial charge in [0, 0.05) is 0 Å². The zero-order valence-corrected chi connectivity index (χ0v) is 13.1. The standard InChI is InChI=1S/C12H24N2O2S2/c1-11(2,3)8-9-18(15,16)14-12(10(13)17)6-4-5-7-12/h14H,4-9H2,1-3H3,(H2,13,17). The molecule has 0 heterocycles. The van der Waals surface area contributed by atoms with Gasteiger partial charge in [-0.2, -0.15) is 0 Å². The van der Waals surface area contributed by atoms with Gasteiger partial charge in [0.15, 0.2) is 0 Å². The molecule has 0 bridgehead atoms. The van der Waals surface area contributed by atoms with Crippen LogP contribution in [0.1, 0.15) is 52.9 Å². The Bertz CT molecular complexity index is 404. The zero-order valence-electron chi connectivity index (χ0n) is 11.5. The minimum absolute atomic E-state index is 0.000806. The average molecular weight is 292 g/mol. The lowest BCUT2D eigenvalue weighted by atomic mass is 9.94. The van der Waals surface area contributed by atoms with E-state index >= 15 is 0 Å². The quantitative estimate of drug-likeness (QED) is 0.760. The molecular formula is C12H24N2O2S2. The summed E-state index contributed by atoms with van der Waals surface area (Å²) >= 11 is 5.04. The summed E-state index contributed by atoms with van der Waals surface area (Å²) in [4.78, 5) is 0.277. The third-order valence-corrected chi connectivity index (χ3v) is 5.23. The third-order valence-electron chi connectivity index (χ3n) is 3.40. The number of nitrogens with two attached hydrogens (primary N) is 1. The second-order valence-corrected chi connectivity index (χ2v) is 8.67. The van der Waals surface area contributed by atoms with E-state index in [9.17, 15) is 8.42 Å². The van der Waals surface area contributed by atoms with Gasteiger partial charge in [-0.15, -0.1) is 0 Å². The van der Waals surface area contributed by atoms with Crippen molar-refractivity contribution in [3.8, 4) is 0 Å². The second-order valence-electron chi connectivity index (χ2n) is 6.39. The summed E-state index contributed by atoms with van der Waals surface area (Å²) in [7, 11) is -3.32. The van der Waals surface area contributed by atoms with Gasteiger partial charge in [-0.1, -0.05) is 45.8 Å². The van der Waals surface area contributed by atoms with Crippen LogP contribution in [0.3, 0.4) is 0 Å². The van der Waals surface area contributed by atoms with E-state index in [4.69, 9.17) is 18.0 Å². The van der Waals surface area contributed by atoms with Crippen molar-refractivity contribution in [2.75, 3.05) is 5.75 Å². The molecule has 1 aliphatic carbocycles. The van der Waals surface area contributed by atoms with Crippen LogP contribution in [-0.4, -0.2) is 24.7 Å². The molecule has 6 heteroatoms. The Morgan fingerprint density at radius 3 is 2.22 bits per heavy atom. The molecule has 1 fully saturated rings. The Balaban J connectivity index is 2.72. The Labute approximate surface area is 116 Å². The number of rotatable bonds is 5. The molecule has 1 saturated carbocycles. The van der Waals surface area contributed by atoms with E-state index in [2.05, 4.69) is 4.72 Å². The molecule has 0 atom stereocenters. The first-order valence-corrected chi connectivity index (χ1v) is 8.44. The van der Waals surface area contributed by atoms with Crippen LogP contribution in [0.15, 0.2) is 0 Å². The summed E-state index contributed by atoms with van der Waals surface area (Å²) in [5, 5.41) is 0. The van der Waals surface area contributed by atoms with Crippen molar-refractivity contribution in [1.82, 2.24) is 4.72 Å². The van der Waals surface area contributed by atoms with Crippen molar-refractivity contribution >= 4 is 27.2 Å². The number of hydrogen-bond donors (Lipinski definition) is 2. The van der Waals surface area contributed by atoms with Crippen LogP contribution < -0.4 is 10.5 Å². The smallest absolute Gasteiger partial charge is 0.212 e. The number of hydrogen-bond acceptors (Lipinski definition) is 3. The van der Waals surface area contributed by atoms with Crippen molar-refractivity contribution in [2.24, 2.45) is 11.1 Å². The molecule has 0 aromatic heterocycles. The highest BCUT2D eigenvalue weighted by Gasteiger charge is 2.40. The van der Waals surface area contributed by atoms with E-state index in [0.717, 1.165) is 25.7 Å². The lowest BCUT2D eigenvalue weighted by molar-refractivity contribution is 0.394. The van der Waals surface area contributed by atoms with E-state index in [1.54, 1.807) is 0 Å². The average Bonchev–Trinajstić information content (AvgIpc) is 2.63. The van der Waals surface area contributed by atoms with Crippen LogP contribution in [0.2, 0.25) is 0 Å². The Morgan fingerprint density at radius 2 is 1.83 bits per heavy atom. The van der Waals surface area contributed by atoms with Gasteiger partial charge in [0.05, 0.1) is 16.3 Å². The minimum atomic E-state index is -3.32. The predicted molar refractivity (Wildman–Crippen MR) is 79.0 cm³/mol. The van der Waals surface area contributed by atoms with Gasteiger partial charge < -0.3 is 5.73 Å². The van der Waals surface area contributed by atoms with Gasteiger partial charge >= 0.3 is 0 Å². The Kier molecular flexibility index (Phi) is 4.78. The molecule has 0 amide bonds. The Hall–Kier alpha value is -0.200. The summed E-state index contributed by atoms with van der Waals surface area (Å²) in [5.41, 5.74) is 5.05. The summed E-state index contributed by atoms with van der Waals surface area (Å²) < 4.78 is 27.0. The highest BCUT2D eigenvalue weighted by Crippen LogP contribution is 2.31. The molecule has 3 N–H and O–H groups in total. The number of sulfonamides is 1. The number of nitrogens with one attached hydrogen (secondary N) is 1. The van der Waals surface area contributed by atoms with Crippen molar-refractivity contribution in [3.63, 3.8) is 0 Å². The first kappa shape index (κ1) is 15.9. The highest BCUT2D eigenvalue weighted by molar-refractivity contribution is 7.89. The monoisotopic (exact) mass is 292 g/mol. The molecule has 0 radical (unpaired) electrons. The normalized spacial score (nSPS) is 19.9. The molecule has 1 aliphatic rings. The van der Waals surface area contributed by atoms with E-state index in [-0.39, 0.29) is 16.2 Å². The van der Waals surface area contributed by atoms with Crippen LogP contribution in [-0.2, 0) is 10.0 Å². The van der Waals surface area contributed by atoms with Crippen LogP contribution in [0.4, 0.5) is 0 Å². The van der Waals surface area contributed by atoms with E-state index in [1.807, 2.05) is 20.8 Å². The van der Waals surface area contributed by atoms with Crippen molar-refractivity contribution < 1.29 is 8.42 Å². The molecule has 0 aromatic rings. The van der Waals surface area contributed by atoms with E-state index < -0.39 is 15.6 Å². The summed E-state index contributed by atoms with van der Waals surface area (Å²) in [6, 6.07) is 0. The van der Waals surface area contributed by atoms with Gasteiger partial charge in [-0.25, -0.2) is 13.1 Å². The first-order valence-electron chi connectivity index (χ1n) is 6.38. The highest BCUT2D eigenvalue weighted by atomic mass is 32.2. The third kappa shape index (κ3) is 4.48. The second kappa shape index (κ2) is 5.43. The molecule has 18 heavy (non-hydrogen) atoms. The molecular weight excluding hydrogens is 268 g/mol. The van der Waals surface area contributed by atoms with Crippen molar-refractivity contribution in [1.29, 1.82) is 0 Å². The molecule has 1 rings (SSSR count). The van der Waals surface area contributed by atoms with Crippen molar-refractivity contribution in [3.05, 3.63) is 0 Å². The maximum Gasteiger partial charge on any atom is 0.212 e. The minimum Gasteiger partial charge on any atom is -0.392 e. The molecule has 0 unspecified atom stereocenters. The summed E-state index contributed by atoms with van der Waals surface area (Å²) in [5.74, 6) is 0.126. The van der Waals surface area contributed by atoms with Crippen molar-refractivity contribution in [2.45, 2.75) is 58.4 Å². The molecule has 0 spiro atoms. The lowest BCUT2D eigenvalue weighted by Gasteiger charge is -2.29. The van der Waals surface area contributed by atoms with Crippen LogP contribution >= 0.6 is 12.2 Å². The summed E-state index contributed by atoms with van der Waals surface area (Å²) in [6.45, 7) is 6.09. The molecule has 4 nitrogen and oxygen atoms in total. The van der Waals surface area contributed by atoms with Crippen LogP contribution in [0.25, 0.3) is 0 Å². The Morgan fingerprint density at radius 1 is 1.33 bits per heavy atom. The van der Waals surface area contributed by atoms with Gasteiger partial charge in [-0.05, 0) is 24.7 Å². The number of thiocarbonyl (C=S) groups is 1. The SMILES string of the molecule is CC(C)(C)CCS(=O)(=O)NC1(C(N)=S)CCCC1. The fourth-order valence-corrected chi connectivity index (χ4v) is 4.38. The lowest BCUT2D eigenvalue weighted by Crippen LogP contribution is -2.55. The van der Waals surface area contributed by atoms with E-state index in [0.29, 0.717) is 6.42 Å². The van der Waals surface area contributed by atoms with Gasteiger partial charge in [0.25, 0.3) is 0 Å². The molecule has 0 aliphatic heterocycles. The van der Waals surface area contributed by atoms with Crippen LogP contribution in [0, 0.1) is 5.41 Å². The van der Waals surface area contributed by atoms with Gasteiger partial charge in [0.1, 0.15) is 0 Å². The van der Waals surface area contributed by atoms with Crippen LogP contribution in [0.5, 0.6) is 0 Å². The maximum atomic E-state index is 12.1. The maximum absolute atomic E-state index is 12.1. The predicted octanol–water partition coefficient (Wildman–Crippen LogP) is 1.94. The van der Waals surface area contributed by atoms with E-state index in [1.165, 1.54) is 0 Å². The molecule has 106 valence electrons. The molecule has 0 saturated heterocycles. The first-order chi connectivity index (χ1) is 8.06.